The lowest BCUT2D eigenvalue weighted by atomic mass is 10.3. The Kier molecular flexibility index (Phi) is 3.37. The first-order valence-corrected chi connectivity index (χ1v) is 5.98. The molecule has 0 fully saturated rings. The van der Waals surface area contributed by atoms with Crippen LogP contribution in [0.2, 0.25) is 0 Å². The van der Waals surface area contributed by atoms with Crippen LogP contribution in [0.5, 0.6) is 0 Å². The van der Waals surface area contributed by atoms with Gasteiger partial charge in [0, 0.05) is 29.1 Å². The topological polar surface area (TPSA) is 66.5 Å². The lowest BCUT2D eigenvalue weighted by Gasteiger charge is -2.04. The van der Waals surface area contributed by atoms with Crippen LogP contribution < -0.4 is 5.32 Å². The molecule has 0 amide bonds. The summed E-state index contributed by atoms with van der Waals surface area (Å²) < 4.78 is 0.692. The minimum absolute atomic E-state index is 0.692. The molecule has 2 N–H and O–H groups in total. The number of nitrogens with zero attached hydrogens (tertiary/aromatic N) is 3. The number of anilines is 1. The number of aromatic amines is 1. The summed E-state index contributed by atoms with van der Waals surface area (Å²) in [6.07, 6.45) is 3.73. The molecular weight excluding hydrogens is 317 g/mol. The Balaban J connectivity index is 2.28. The van der Waals surface area contributed by atoms with Crippen LogP contribution in [0.3, 0.4) is 0 Å². The van der Waals surface area contributed by atoms with Gasteiger partial charge in [0.05, 0.1) is 6.33 Å². The number of H-pyrrole nitrogens is 1. The Labute approximate surface area is 107 Å². The maximum atomic E-state index is 4.33. The van der Waals surface area contributed by atoms with Gasteiger partial charge in [-0.3, -0.25) is 0 Å². The first kappa shape index (κ1) is 11.3. The quantitative estimate of drug-likeness (QED) is 0.515. The third-order valence-corrected chi connectivity index (χ3v) is 2.52. The molecule has 0 atom stereocenters. The van der Waals surface area contributed by atoms with E-state index in [4.69, 9.17) is 0 Å². The Hall–Kier alpha value is -1.18. The molecule has 0 spiro atoms. The van der Waals surface area contributed by atoms with E-state index in [1.807, 2.05) is 0 Å². The first-order chi connectivity index (χ1) is 7.66. The van der Waals surface area contributed by atoms with Gasteiger partial charge >= 0.3 is 0 Å². The van der Waals surface area contributed by atoms with Gasteiger partial charge in [-0.1, -0.05) is 11.6 Å². The molecule has 0 aromatic carbocycles. The van der Waals surface area contributed by atoms with Crippen molar-refractivity contribution in [2.75, 3.05) is 11.9 Å². The number of aromatic nitrogens is 4. The van der Waals surface area contributed by atoms with Crippen molar-refractivity contribution in [3.63, 3.8) is 0 Å². The standard InChI is InChI=1S/C10H12IN5/c1-6(2)3-4-12-8-7-9(14-5-13-7)16-10(11)15-8/h3,5H,4H2,1-2H3,(H2,12,13,14,15,16). The second-order valence-electron chi connectivity index (χ2n) is 3.60. The van der Waals surface area contributed by atoms with Crippen LogP contribution in [0.4, 0.5) is 5.82 Å². The van der Waals surface area contributed by atoms with Crippen LogP contribution in [-0.4, -0.2) is 26.5 Å². The SMILES string of the molecule is CC(C)=CCNc1nc(I)nc2nc[nH]c12. The first-order valence-electron chi connectivity index (χ1n) is 4.90. The summed E-state index contributed by atoms with van der Waals surface area (Å²) in [6.45, 7) is 4.89. The molecule has 0 aliphatic carbocycles. The van der Waals surface area contributed by atoms with Crippen LogP contribution in [-0.2, 0) is 0 Å². The zero-order valence-corrected chi connectivity index (χ0v) is 11.2. The average molecular weight is 329 g/mol. The van der Waals surface area contributed by atoms with E-state index in [0.29, 0.717) is 9.48 Å². The maximum Gasteiger partial charge on any atom is 0.194 e. The van der Waals surface area contributed by atoms with Gasteiger partial charge in [-0.05, 0) is 13.8 Å². The lowest BCUT2D eigenvalue weighted by Crippen LogP contribution is -2.04. The number of allylic oxidation sites excluding steroid dienone is 1. The van der Waals surface area contributed by atoms with E-state index in [1.165, 1.54) is 5.57 Å². The van der Waals surface area contributed by atoms with Crippen LogP contribution >= 0.6 is 22.6 Å². The molecule has 2 aromatic rings. The Morgan fingerprint density at radius 2 is 2.31 bits per heavy atom. The predicted molar refractivity (Wildman–Crippen MR) is 72.3 cm³/mol. The van der Waals surface area contributed by atoms with E-state index >= 15 is 0 Å². The summed E-state index contributed by atoms with van der Waals surface area (Å²) in [7, 11) is 0. The van der Waals surface area contributed by atoms with E-state index < -0.39 is 0 Å². The molecule has 2 aromatic heterocycles. The smallest absolute Gasteiger partial charge is 0.194 e. The number of nitrogens with one attached hydrogen (secondary N) is 2. The van der Waals surface area contributed by atoms with Crippen molar-refractivity contribution >= 4 is 39.6 Å². The molecule has 0 bridgehead atoms. The molecular formula is C10H12IN5. The monoisotopic (exact) mass is 329 g/mol. The number of rotatable bonds is 3. The third-order valence-electron chi connectivity index (χ3n) is 2.04. The summed E-state index contributed by atoms with van der Waals surface area (Å²) in [4.78, 5) is 15.7. The Morgan fingerprint density at radius 1 is 1.50 bits per heavy atom. The van der Waals surface area contributed by atoms with Crippen LogP contribution in [0.15, 0.2) is 18.0 Å². The van der Waals surface area contributed by atoms with Crippen molar-refractivity contribution in [3.8, 4) is 0 Å². The van der Waals surface area contributed by atoms with Crippen molar-refractivity contribution in [1.29, 1.82) is 0 Å². The summed E-state index contributed by atoms with van der Waals surface area (Å²) in [5.41, 5.74) is 2.82. The maximum absolute atomic E-state index is 4.33. The minimum atomic E-state index is 0.692. The van der Waals surface area contributed by atoms with E-state index in [1.54, 1.807) is 6.33 Å². The van der Waals surface area contributed by atoms with Crippen LogP contribution in [0, 0.1) is 3.83 Å². The van der Waals surface area contributed by atoms with E-state index in [9.17, 15) is 0 Å². The third kappa shape index (κ3) is 2.49. The fraction of sp³-hybridized carbons (Fsp3) is 0.300. The van der Waals surface area contributed by atoms with Crippen molar-refractivity contribution < 1.29 is 0 Å². The molecule has 16 heavy (non-hydrogen) atoms. The number of fused-ring (bicyclic) bond motifs is 1. The van der Waals surface area contributed by atoms with Gasteiger partial charge in [-0.2, -0.15) is 0 Å². The zero-order chi connectivity index (χ0) is 11.5. The Morgan fingerprint density at radius 3 is 3.06 bits per heavy atom. The van der Waals surface area contributed by atoms with E-state index in [2.05, 4.69) is 67.8 Å². The summed E-state index contributed by atoms with van der Waals surface area (Å²) in [5.74, 6) is 0.796. The molecule has 5 nitrogen and oxygen atoms in total. The van der Waals surface area contributed by atoms with Crippen molar-refractivity contribution in [2.45, 2.75) is 13.8 Å². The molecule has 2 heterocycles. The average Bonchev–Trinajstić information content (AvgIpc) is 2.64. The highest BCUT2D eigenvalue weighted by Gasteiger charge is 2.06. The molecule has 0 saturated heterocycles. The molecule has 6 heteroatoms. The largest absolute Gasteiger partial charge is 0.365 e. The predicted octanol–water partition coefficient (Wildman–Crippen LogP) is 2.34. The second-order valence-corrected chi connectivity index (χ2v) is 4.57. The number of imidazole rings is 1. The fourth-order valence-corrected chi connectivity index (χ4v) is 1.76. The molecule has 0 aliphatic heterocycles. The van der Waals surface area contributed by atoms with Crippen molar-refractivity contribution in [2.24, 2.45) is 0 Å². The molecule has 0 radical (unpaired) electrons. The Bertz CT molecular complexity index is 527. The number of hydrogen-bond acceptors (Lipinski definition) is 4. The lowest BCUT2D eigenvalue weighted by molar-refractivity contribution is 1.11. The normalized spacial score (nSPS) is 10.4. The molecule has 0 unspecified atom stereocenters. The van der Waals surface area contributed by atoms with Crippen molar-refractivity contribution in [3.05, 3.63) is 21.8 Å². The summed E-state index contributed by atoms with van der Waals surface area (Å²) in [6, 6.07) is 0. The van der Waals surface area contributed by atoms with Gasteiger partial charge in [0.2, 0.25) is 0 Å². The fourth-order valence-electron chi connectivity index (χ4n) is 1.29. The number of hydrogen-bond donors (Lipinski definition) is 2. The number of halogens is 1. The van der Waals surface area contributed by atoms with Gasteiger partial charge in [0.15, 0.2) is 15.3 Å². The van der Waals surface area contributed by atoms with E-state index in [-0.39, 0.29) is 0 Å². The van der Waals surface area contributed by atoms with Gasteiger partial charge in [0.25, 0.3) is 0 Å². The molecule has 2 rings (SSSR count). The van der Waals surface area contributed by atoms with Gasteiger partial charge in [-0.25, -0.2) is 15.0 Å². The highest BCUT2D eigenvalue weighted by atomic mass is 127. The van der Waals surface area contributed by atoms with Gasteiger partial charge < -0.3 is 10.3 Å². The summed E-state index contributed by atoms with van der Waals surface area (Å²) in [5, 5.41) is 3.24. The van der Waals surface area contributed by atoms with Crippen molar-refractivity contribution in [1.82, 2.24) is 19.9 Å². The molecule has 0 saturated carbocycles. The van der Waals surface area contributed by atoms with E-state index in [0.717, 1.165) is 17.9 Å². The van der Waals surface area contributed by atoms with Gasteiger partial charge in [-0.15, -0.1) is 0 Å². The molecule has 0 aliphatic rings. The van der Waals surface area contributed by atoms with Gasteiger partial charge in [0.1, 0.15) is 5.52 Å². The van der Waals surface area contributed by atoms with Crippen LogP contribution in [0.25, 0.3) is 11.2 Å². The zero-order valence-electron chi connectivity index (χ0n) is 9.08. The summed E-state index contributed by atoms with van der Waals surface area (Å²) >= 11 is 2.08. The second kappa shape index (κ2) is 4.77. The minimum Gasteiger partial charge on any atom is -0.365 e. The highest BCUT2D eigenvalue weighted by molar-refractivity contribution is 14.1. The van der Waals surface area contributed by atoms with Crippen LogP contribution in [0.1, 0.15) is 13.8 Å². The highest BCUT2D eigenvalue weighted by Crippen LogP contribution is 2.16. The molecule has 84 valence electrons.